The van der Waals surface area contributed by atoms with Gasteiger partial charge in [-0.15, -0.1) is 0 Å². The molecule has 1 saturated heterocycles. The van der Waals surface area contributed by atoms with Gasteiger partial charge in [-0.3, -0.25) is 4.79 Å². The second kappa shape index (κ2) is 9.65. The minimum Gasteiger partial charge on any atom is -0.396 e. The lowest BCUT2D eigenvalue weighted by molar-refractivity contribution is 0.0450. The molecule has 0 unspecified atom stereocenters. The minimum absolute atomic E-state index is 0.0784. The SMILES string of the molecule is CNc1ncc(C(=O)N2C[C@H](CO)C[C@H](CN(C)CCOC)C2)cn1. The molecule has 1 aliphatic rings. The molecule has 1 aromatic heterocycles. The Morgan fingerprint density at radius 2 is 2.08 bits per heavy atom. The summed E-state index contributed by atoms with van der Waals surface area (Å²) in [5.41, 5.74) is 0.476. The Labute approximate surface area is 149 Å². The normalized spacial score (nSPS) is 20.8. The second-order valence-electron chi connectivity index (χ2n) is 6.66. The highest BCUT2D eigenvalue weighted by Crippen LogP contribution is 2.24. The molecule has 25 heavy (non-hydrogen) atoms. The number of aliphatic hydroxyl groups excluding tert-OH is 1. The van der Waals surface area contributed by atoms with E-state index in [1.54, 1.807) is 26.6 Å². The van der Waals surface area contributed by atoms with Crippen molar-refractivity contribution in [3.8, 4) is 0 Å². The smallest absolute Gasteiger partial charge is 0.257 e. The average molecular weight is 351 g/mol. The Hall–Kier alpha value is -1.77. The molecule has 1 fully saturated rings. The molecule has 0 spiro atoms. The fourth-order valence-corrected chi connectivity index (χ4v) is 3.28. The Kier molecular flexibility index (Phi) is 7.54. The van der Waals surface area contributed by atoms with Gasteiger partial charge in [0.25, 0.3) is 5.91 Å². The number of piperidine rings is 1. The molecule has 8 heteroatoms. The first-order valence-electron chi connectivity index (χ1n) is 8.64. The van der Waals surface area contributed by atoms with Crippen LogP contribution >= 0.6 is 0 Å². The number of carbonyl (C=O) groups is 1. The van der Waals surface area contributed by atoms with Gasteiger partial charge in [0, 0.05) is 59.3 Å². The second-order valence-corrected chi connectivity index (χ2v) is 6.66. The monoisotopic (exact) mass is 351 g/mol. The zero-order valence-electron chi connectivity index (χ0n) is 15.3. The summed E-state index contributed by atoms with van der Waals surface area (Å²) in [4.78, 5) is 25.0. The Morgan fingerprint density at radius 3 is 2.68 bits per heavy atom. The fraction of sp³-hybridized carbons (Fsp3) is 0.706. The number of nitrogens with zero attached hydrogens (tertiary/aromatic N) is 4. The Morgan fingerprint density at radius 1 is 1.40 bits per heavy atom. The molecule has 0 bridgehead atoms. The molecule has 2 N–H and O–H groups in total. The van der Waals surface area contributed by atoms with Crippen molar-refractivity contribution in [1.82, 2.24) is 19.8 Å². The summed E-state index contributed by atoms with van der Waals surface area (Å²) < 4.78 is 5.11. The summed E-state index contributed by atoms with van der Waals surface area (Å²) in [6, 6.07) is 0. The number of aromatic nitrogens is 2. The highest BCUT2D eigenvalue weighted by Gasteiger charge is 2.31. The maximum Gasteiger partial charge on any atom is 0.257 e. The number of carbonyl (C=O) groups excluding carboxylic acids is 1. The summed E-state index contributed by atoms with van der Waals surface area (Å²) >= 11 is 0. The van der Waals surface area contributed by atoms with E-state index >= 15 is 0 Å². The molecule has 2 rings (SSSR count). The van der Waals surface area contributed by atoms with E-state index < -0.39 is 0 Å². The van der Waals surface area contributed by atoms with Gasteiger partial charge in [0.15, 0.2) is 0 Å². The fourth-order valence-electron chi connectivity index (χ4n) is 3.28. The average Bonchev–Trinajstić information content (AvgIpc) is 2.65. The molecule has 0 aromatic carbocycles. The van der Waals surface area contributed by atoms with Crippen LogP contribution in [0.4, 0.5) is 5.95 Å². The lowest BCUT2D eigenvalue weighted by Crippen LogP contribution is -2.47. The van der Waals surface area contributed by atoms with Crippen molar-refractivity contribution in [2.75, 3.05) is 65.9 Å². The maximum absolute atomic E-state index is 12.8. The number of hydrogen-bond acceptors (Lipinski definition) is 7. The number of rotatable bonds is 8. The minimum atomic E-state index is -0.0784. The van der Waals surface area contributed by atoms with Crippen LogP contribution in [-0.4, -0.2) is 91.4 Å². The van der Waals surface area contributed by atoms with Gasteiger partial charge in [-0.05, 0) is 25.3 Å². The van der Waals surface area contributed by atoms with Gasteiger partial charge < -0.3 is 25.0 Å². The van der Waals surface area contributed by atoms with Gasteiger partial charge in [-0.1, -0.05) is 0 Å². The van der Waals surface area contributed by atoms with Crippen molar-refractivity contribution < 1.29 is 14.6 Å². The van der Waals surface area contributed by atoms with E-state index in [-0.39, 0.29) is 18.4 Å². The summed E-state index contributed by atoms with van der Waals surface area (Å²) in [6.07, 6.45) is 4.01. The van der Waals surface area contributed by atoms with Crippen LogP contribution in [0.3, 0.4) is 0 Å². The zero-order valence-corrected chi connectivity index (χ0v) is 15.3. The Bertz CT molecular complexity index is 540. The number of hydrogen-bond donors (Lipinski definition) is 2. The topological polar surface area (TPSA) is 90.8 Å². The van der Waals surface area contributed by atoms with Crippen molar-refractivity contribution in [2.45, 2.75) is 6.42 Å². The standard InChI is InChI=1S/C17H29N5O3/c1-18-17-19-7-15(8-20-17)16(24)22-10-13(6-14(11-22)12-23)9-21(2)4-5-25-3/h7-8,13-14,23H,4-6,9-12H2,1-3H3,(H,18,19,20)/t13-,14-/m1/s1. The third kappa shape index (κ3) is 5.62. The number of amides is 1. The van der Waals surface area contributed by atoms with Gasteiger partial charge in [0.1, 0.15) is 0 Å². The summed E-state index contributed by atoms with van der Waals surface area (Å²) in [5, 5.41) is 12.5. The van der Waals surface area contributed by atoms with Gasteiger partial charge in [-0.2, -0.15) is 0 Å². The molecule has 8 nitrogen and oxygen atoms in total. The lowest BCUT2D eigenvalue weighted by atomic mass is 9.89. The highest BCUT2D eigenvalue weighted by molar-refractivity contribution is 5.93. The van der Waals surface area contributed by atoms with E-state index in [0.29, 0.717) is 37.1 Å². The molecule has 1 aromatic rings. The zero-order chi connectivity index (χ0) is 18.2. The maximum atomic E-state index is 12.8. The number of methoxy groups -OCH3 is 1. The first-order valence-corrected chi connectivity index (χ1v) is 8.64. The summed E-state index contributed by atoms with van der Waals surface area (Å²) in [6.45, 7) is 3.76. The first-order chi connectivity index (χ1) is 12.1. The molecule has 2 atom stereocenters. The Balaban J connectivity index is 2.01. The first kappa shape index (κ1) is 19.6. The van der Waals surface area contributed by atoms with Crippen LogP contribution < -0.4 is 5.32 Å². The molecule has 0 saturated carbocycles. The van der Waals surface area contributed by atoms with E-state index in [0.717, 1.165) is 19.5 Å². The number of nitrogens with one attached hydrogen (secondary N) is 1. The van der Waals surface area contributed by atoms with E-state index in [2.05, 4.69) is 27.2 Å². The number of ether oxygens (including phenoxy) is 1. The third-order valence-corrected chi connectivity index (χ3v) is 4.54. The predicted octanol–water partition coefficient (Wildman–Crippen LogP) is 0.167. The summed E-state index contributed by atoms with van der Waals surface area (Å²) in [5.74, 6) is 0.844. The van der Waals surface area contributed by atoms with E-state index in [1.165, 1.54) is 0 Å². The molecular weight excluding hydrogens is 322 g/mol. The van der Waals surface area contributed by atoms with E-state index in [4.69, 9.17) is 4.74 Å². The molecular formula is C17H29N5O3. The number of likely N-dealkylation sites (N-methyl/N-ethyl adjacent to an activating group) is 1. The van der Waals surface area contributed by atoms with Crippen LogP contribution in [0, 0.1) is 11.8 Å². The van der Waals surface area contributed by atoms with Gasteiger partial charge >= 0.3 is 0 Å². The lowest BCUT2D eigenvalue weighted by Gasteiger charge is -2.38. The van der Waals surface area contributed by atoms with Crippen LogP contribution in [0.2, 0.25) is 0 Å². The quantitative estimate of drug-likeness (QED) is 0.690. The predicted molar refractivity (Wildman–Crippen MR) is 95.5 cm³/mol. The van der Waals surface area contributed by atoms with E-state index in [9.17, 15) is 9.90 Å². The molecule has 2 heterocycles. The van der Waals surface area contributed by atoms with Gasteiger partial charge in [0.2, 0.25) is 5.95 Å². The number of likely N-dealkylation sites (tertiary alicyclic amines) is 1. The van der Waals surface area contributed by atoms with E-state index in [1.807, 2.05) is 4.90 Å². The van der Waals surface area contributed by atoms with Gasteiger partial charge in [-0.25, -0.2) is 9.97 Å². The highest BCUT2D eigenvalue weighted by atomic mass is 16.5. The van der Waals surface area contributed by atoms with Crippen molar-refractivity contribution in [3.63, 3.8) is 0 Å². The van der Waals surface area contributed by atoms with Crippen molar-refractivity contribution in [2.24, 2.45) is 11.8 Å². The van der Waals surface area contributed by atoms with Crippen LogP contribution in [-0.2, 0) is 4.74 Å². The molecule has 140 valence electrons. The van der Waals surface area contributed by atoms with Crippen LogP contribution in [0.5, 0.6) is 0 Å². The molecule has 1 amide bonds. The number of anilines is 1. The van der Waals surface area contributed by atoms with Crippen LogP contribution in [0.1, 0.15) is 16.8 Å². The molecule has 1 aliphatic heterocycles. The van der Waals surface area contributed by atoms with Crippen molar-refractivity contribution in [3.05, 3.63) is 18.0 Å². The largest absolute Gasteiger partial charge is 0.396 e. The van der Waals surface area contributed by atoms with Gasteiger partial charge in [0.05, 0.1) is 12.2 Å². The van der Waals surface area contributed by atoms with Crippen LogP contribution in [0.25, 0.3) is 0 Å². The van der Waals surface area contributed by atoms with Crippen LogP contribution in [0.15, 0.2) is 12.4 Å². The third-order valence-electron chi connectivity index (χ3n) is 4.54. The summed E-state index contributed by atoms with van der Waals surface area (Å²) in [7, 11) is 5.48. The number of aliphatic hydroxyl groups is 1. The molecule has 0 radical (unpaired) electrons. The van der Waals surface area contributed by atoms with Crippen molar-refractivity contribution in [1.29, 1.82) is 0 Å². The van der Waals surface area contributed by atoms with Crippen molar-refractivity contribution >= 4 is 11.9 Å². The molecule has 0 aliphatic carbocycles.